The van der Waals surface area contributed by atoms with Crippen molar-refractivity contribution in [2.75, 3.05) is 18.0 Å². The van der Waals surface area contributed by atoms with Crippen LogP contribution in [-0.2, 0) is 6.61 Å². The predicted octanol–water partition coefficient (Wildman–Crippen LogP) is 3.74. The second-order valence-corrected chi connectivity index (χ2v) is 9.39. The summed E-state index contributed by atoms with van der Waals surface area (Å²) in [6.45, 7) is 7.76. The summed E-state index contributed by atoms with van der Waals surface area (Å²) in [4.78, 5) is 16.4. The van der Waals surface area contributed by atoms with Crippen molar-refractivity contribution in [1.29, 1.82) is 0 Å². The minimum atomic E-state index is -0.141. The highest BCUT2D eigenvalue weighted by molar-refractivity contribution is 5.80. The molecule has 1 aromatic carbocycles. The van der Waals surface area contributed by atoms with Gasteiger partial charge < -0.3 is 20.2 Å². The summed E-state index contributed by atoms with van der Waals surface area (Å²) in [5, 5.41) is 10.1. The van der Waals surface area contributed by atoms with Crippen LogP contribution in [0.2, 0.25) is 0 Å². The summed E-state index contributed by atoms with van der Waals surface area (Å²) in [7, 11) is 0. The molecule has 1 saturated carbocycles. The summed E-state index contributed by atoms with van der Waals surface area (Å²) in [6.07, 6.45) is 4.61. The number of oxazole rings is 1. The van der Waals surface area contributed by atoms with Crippen LogP contribution in [0.5, 0.6) is 0 Å². The summed E-state index contributed by atoms with van der Waals surface area (Å²) in [5.41, 5.74) is 11.5. The van der Waals surface area contributed by atoms with Crippen molar-refractivity contribution in [2.24, 2.45) is 17.1 Å². The predicted molar refractivity (Wildman–Crippen MR) is 121 cm³/mol. The first-order valence-corrected chi connectivity index (χ1v) is 11.3. The molecule has 31 heavy (non-hydrogen) atoms. The van der Waals surface area contributed by atoms with Gasteiger partial charge in [0.1, 0.15) is 11.2 Å². The van der Waals surface area contributed by atoms with Gasteiger partial charge in [0.05, 0.1) is 18.0 Å². The molecule has 1 aliphatic carbocycles. The van der Waals surface area contributed by atoms with Crippen molar-refractivity contribution in [2.45, 2.75) is 59.1 Å². The lowest BCUT2D eigenvalue weighted by Crippen LogP contribution is -2.48. The highest BCUT2D eigenvalue weighted by atomic mass is 16.3. The quantitative estimate of drug-likeness (QED) is 0.664. The molecule has 2 aromatic heterocycles. The number of aliphatic hydroxyl groups excluding tert-OH is 1. The first-order chi connectivity index (χ1) is 14.9. The smallest absolute Gasteiger partial charge is 0.192 e. The number of nitrogens with two attached hydrogens (primary N) is 1. The lowest BCUT2D eigenvalue weighted by Gasteiger charge is -2.43. The van der Waals surface area contributed by atoms with E-state index in [1.807, 2.05) is 32.0 Å². The number of piperidine rings is 1. The molecule has 7 heteroatoms. The van der Waals surface area contributed by atoms with Gasteiger partial charge in [-0.2, -0.15) is 0 Å². The Morgan fingerprint density at radius 2 is 1.94 bits per heavy atom. The van der Waals surface area contributed by atoms with Gasteiger partial charge in [-0.3, -0.25) is 0 Å². The van der Waals surface area contributed by atoms with Crippen LogP contribution in [0.4, 0.5) is 5.82 Å². The van der Waals surface area contributed by atoms with Gasteiger partial charge in [-0.25, -0.2) is 15.0 Å². The van der Waals surface area contributed by atoms with Crippen LogP contribution in [-0.4, -0.2) is 39.2 Å². The number of benzene rings is 1. The number of fused-ring (bicyclic) bond motifs is 1. The Bertz CT molecular complexity index is 1120. The number of nitrogens with zero attached hydrogens (tertiary/aromatic N) is 4. The number of aromatic nitrogens is 3. The molecule has 2 aliphatic rings. The molecule has 1 spiro atoms. The second-order valence-electron chi connectivity index (χ2n) is 9.39. The normalized spacial score (nSPS) is 23.2. The van der Waals surface area contributed by atoms with Crippen molar-refractivity contribution in [3.05, 3.63) is 35.5 Å². The number of hydrogen-bond donors (Lipinski definition) is 2. The Hall–Kier alpha value is -2.51. The molecular weight excluding hydrogens is 390 g/mol. The molecule has 0 amide bonds. The van der Waals surface area contributed by atoms with Crippen molar-refractivity contribution in [3.63, 3.8) is 0 Å². The fourth-order valence-corrected chi connectivity index (χ4v) is 5.57. The summed E-state index contributed by atoms with van der Waals surface area (Å²) in [5.74, 6) is 2.04. The zero-order valence-corrected chi connectivity index (χ0v) is 18.6. The molecule has 3 heterocycles. The van der Waals surface area contributed by atoms with Crippen LogP contribution >= 0.6 is 0 Å². The molecule has 0 radical (unpaired) electrons. The monoisotopic (exact) mass is 421 g/mol. The first-order valence-electron chi connectivity index (χ1n) is 11.3. The Labute approximate surface area is 182 Å². The van der Waals surface area contributed by atoms with E-state index in [9.17, 15) is 5.11 Å². The second kappa shape index (κ2) is 7.57. The Kier molecular flexibility index (Phi) is 4.98. The van der Waals surface area contributed by atoms with E-state index in [-0.39, 0.29) is 18.1 Å². The summed E-state index contributed by atoms with van der Waals surface area (Å²) < 4.78 is 5.68. The lowest BCUT2D eigenvalue weighted by molar-refractivity contribution is 0.185. The van der Waals surface area contributed by atoms with Crippen LogP contribution in [0.1, 0.15) is 49.9 Å². The largest absolute Gasteiger partial charge is 0.441 e. The average Bonchev–Trinajstić information content (AvgIpc) is 3.28. The Morgan fingerprint density at radius 3 is 2.61 bits per heavy atom. The maximum atomic E-state index is 10.1. The van der Waals surface area contributed by atoms with Gasteiger partial charge in [0, 0.05) is 31.6 Å². The molecule has 164 valence electrons. The molecule has 3 aromatic rings. The third-order valence-electron chi connectivity index (χ3n) is 7.52. The molecular formula is C24H31N5O2. The van der Waals surface area contributed by atoms with Crippen molar-refractivity contribution in [3.8, 4) is 11.3 Å². The van der Waals surface area contributed by atoms with E-state index in [0.717, 1.165) is 59.8 Å². The van der Waals surface area contributed by atoms with E-state index < -0.39 is 0 Å². The highest BCUT2D eigenvalue weighted by Gasteiger charge is 2.46. The SMILES string of the molecule is Cc1nc2ccc(-c3nc(CO)c(N4CCC5(CC[C@@H](C)[C@H]5N)CC4)nc3C)cc2o1. The molecule has 0 unspecified atom stereocenters. The van der Waals surface area contributed by atoms with Crippen LogP contribution in [0.15, 0.2) is 22.6 Å². The van der Waals surface area contributed by atoms with Crippen molar-refractivity contribution in [1.82, 2.24) is 15.0 Å². The van der Waals surface area contributed by atoms with Gasteiger partial charge in [0.15, 0.2) is 17.3 Å². The van der Waals surface area contributed by atoms with Crippen LogP contribution in [0, 0.1) is 25.2 Å². The molecule has 5 rings (SSSR count). The zero-order valence-electron chi connectivity index (χ0n) is 18.6. The summed E-state index contributed by atoms with van der Waals surface area (Å²) >= 11 is 0. The fraction of sp³-hybridized carbons (Fsp3) is 0.542. The van der Waals surface area contributed by atoms with Crippen LogP contribution in [0.25, 0.3) is 22.4 Å². The van der Waals surface area contributed by atoms with E-state index >= 15 is 0 Å². The maximum absolute atomic E-state index is 10.1. The fourth-order valence-electron chi connectivity index (χ4n) is 5.57. The number of anilines is 1. The molecule has 1 aliphatic heterocycles. The van der Waals surface area contributed by atoms with Crippen molar-refractivity contribution >= 4 is 16.9 Å². The van der Waals surface area contributed by atoms with E-state index in [1.165, 1.54) is 12.8 Å². The van der Waals surface area contributed by atoms with Gasteiger partial charge in [0.25, 0.3) is 0 Å². The zero-order chi connectivity index (χ0) is 21.8. The standard InChI is InChI=1S/C24H31N5O2/c1-14-6-7-24(22(14)25)8-10-29(11-9-24)23-19(13-30)28-21(15(2)26-23)17-4-5-18-20(12-17)31-16(3)27-18/h4-5,12,14,22,30H,6-11,13,25H2,1-3H3/t14-,22-/m1/s1. The number of aliphatic hydroxyl groups is 1. The average molecular weight is 422 g/mol. The van der Waals surface area contributed by atoms with Gasteiger partial charge in [0.2, 0.25) is 0 Å². The van der Waals surface area contributed by atoms with Gasteiger partial charge in [-0.15, -0.1) is 0 Å². The molecule has 7 nitrogen and oxygen atoms in total. The minimum Gasteiger partial charge on any atom is -0.441 e. The lowest BCUT2D eigenvalue weighted by atomic mass is 9.73. The summed E-state index contributed by atoms with van der Waals surface area (Å²) in [6, 6.07) is 6.15. The highest BCUT2D eigenvalue weighted by Crippen LogP contribution is 2.48. The van der Waals surface area contributed by atoms with E-state index in [4.69, 9.17) is 20.1 Å². The molecule has 2 atom stereocenters. The molecule has 1 saturated heterocycles. The van der Waals surface area contributed by atoms with Crippen molar-refractivity contribution < 1.29 is 9.52 Å². The van der Waals surface area contributed by atoms with Gasteiger partial charge >= 0.3 is 0 Å². The number of hydrogen-bond acceptors (Lipinski definition) is 7. The van der Waals surface area contributed by atoms with E-state index in [1.54, 1.807) is 0 Å². The van der Waals surface area contributed by atoms with Crippen LogP contribution in [0.3, 0.4) is 0 Å². The molecule has 3 N–H and O–H groups in total. The Balaban J connectivity index is 1.43. The minimum absolute atomic E-state index is 0.141. The number of aryl methyl sites for hydroxylation is 2. The molecule has 2 fully saturated rings. The number of rotatable bonds is 3. The maximum Gasteiger partial charge on any atom is 0.192 e. The first kappa shape index (κ1) is 20.4. The van der Waals surface area contributed by atoms with E-state index in [0.29, 0.717) is 17.5 Å². The van der Waals surface area contributed by atoms with Gasteiger partial charge in [-0.1, -0.05) is 13.0 Å². The third kappa shape index (κ3) is 3.40. The Morgan fingerprint density at radius 1 is 1.16 bits per heavy atom. The van der Waals surface area contributed by atoms with Gasteiger partial charge in [-0.05, 0) is 56.1 Å². The third-order valence-corrected chi connectivity index (χ3v) is 7.52. The molecule has 0 bridgehead atoms. The van der Waals surface area contributed by atoms with E-state index in [2.05, 4.69) is 16.8 Å². The topological polar surface area (TPSA) is 101 Å². The van der Waals surface area contributed by atoms with Crippen LogP contribution < -0.4 is 10.6 Å².